The Morgan fingerprint density at radius 3 is 1.72 bits per heavy atom. The standard InChI is InChI=1S/C15H27N7O3/c23-13-17-3-7-19(13)5-1-16-2-6-21-11-12-22(15(21)25)10-9-20-8-4-18-14(20)24/h16H,1-12H2,(H,17,23)(H,18,24). The Morgan fingerprint density at radius 1 is 0.680 bits per heavy atom. The number of hydrogen-bond acceptors (Lipinski definition) is 4. The highest BCUT2D eigenvalue weighted by Crippen LogP contribution is 2.08. The van der Waals surface area contributed by atoms with Crippen molar-refractivity contribution in [3.05, 3.63) is 0 Å². The summed E-state index contributed by atoms with van der Waals surface area (Å²) in [4.78, 5) is 42.4. The fourth-order valence-corrected chi connectivity index (χ4v) is 3.29. The minimum atomic E-state index is -0.0422. The predicted molar refractivity (Wildman–Crippen MR) is 91.4 cm³/mol. The van der Waals surface area contributed by atoms with Crippen molar-refractivity contribution in [3.63, 3.8) is 0 Å². The predicted octanol–water partition coefficient (Wildman–Crippen LogP) is -1.64. The molecule has 3 fully saturated rings. The molecule has 3 saturated heterocycles. The Morgan fingerprint density at radius 2 is 1.16 bits per heavy atom. The second-order valence-electron chi connectivity index (χ2n) is 6.44. The SMILES string of the molecule is O=C1NCCN1CCNCCN1CCN(CCN2CCNC2=O)C1=O. The summed E-state index contributed by atoms with van der Waals surface area (Å²) in [6, 6.07) is -0.00133. The molecule has 0 bridgehead atoms. The van der Waals surface area contributed by atoms with Gasteiger partial charge in [-0.05, 0) is 0 Å². The van der Waals surface area contributed by atoms with Crippen molar-refractivity contribution < 1.29 is 14.4 Å². The van der Waals surface area contributed by atoms with E-state index in [1.165, 1.54) is 0 Å². The fourth-order valence-electron chi connectivity index (χ4n) is 3.29. The molecule has 10 heteroatoms. The molecule has 0 unspecified atom stereocenters. The van der Waals surface area contributed by atoms with Gasteiger partial charge < -0.3 is 35.6 Å². The van der Waals surface area contributed by atoms with Crippen LogP contribution in [0, 0.1) is 0 Å². The van der Waals surface area contributed by atoms with E-state index >= 15 is 0 Å². The second kappa shape index (κ2) is 8.24. The molecule has 0 spiro atoms. The van der Waals surface area contributed by atoms with E-state index in [0.717, 1.165) is 26.2 Å². The van der Waals surface area contributed by atoms with E-state index in [0.29, 0.717) is 52.4 Å². The van der Waals surface area contributed by atoms with Crippen LogP contribution in [0.2, 0.25) is 0 Å². The fraction of sp³-hybridized carbons (Fsp3) is 0.800. The summed E-state index contributed by atoms with van der Waals surface area (Å²) in [5.41, 5.74) is 0. The van der Waals surface area contributed by atoms with Crippen LogP contribution in [0.4, 0.5) is 14.4 Å². The van der Waals surface area contributed by atoms with Gasteiger partial charge in [0.15, 0.2) is 0 Å². The second-order valence-corrected chi connectivity index (χ2v) is 6.44. The van der Waals surface area contributed by atoms with Crippen LogP contribution in [-0.2, 0) is 0 Å². The largest absolute Gasteiger partial charge is 0.336 e. The van der Waals surface area contributed by atoms with Gasteiger partial charge in [0.2, 0.25) is 0 Å². The molecular weight excluding hydrogens is 326 g/mol. The molecule has 140 valence electrons. The Balaban J connectivity index is 1.28. The average Bonchev–Trinajstić information content (AvgIpc) is 3.28. The maximum atomic E-state index is 12.4. The third-order valence-corrected chi connectivity index (χ3v) is 4.83. The van der Waals surface area contributed by atoms with Gasteiger partial charge in [0.05, 0.1) is 0 Å². The van der Waals surface area contributed by atoms with Crippen LogP contribution < -0.4 is 16.0 Å². The molecule has 0 aromatic rings. The summed E-state index contributed by atoms with van der Waals surface area (Å²) in [7, 11) is 0. The molecule has 10 nitrogen and oxygen atoms in total. The van der Waals surface area contributed by atoms with Crippen molar-refractivity contribution in [2.24, 2.45) is 0 Å². The van der Waals surface area contributed by atoms with Crippen LogP contribution in [0.15, 0.2) is 0 Å². The lowest BCUT2D eigenvalue weighted by molar-refractivity contribution is 0.184. The van der Waals surface area contributed by atoms with E-state index in [2.05, 4.69) is 16.0 Å². The van der Waals surface area contributed by atoms with Crippen LogP contribution in [-0.4, -0.2) is 116 Å². The lowest BCUT2D eigenvalue weighted by Gasteiger charge is -2.21. The quantitative estimate of drug-likeness (QED) is 0.433. The zero-order valence-corrected chi connectivity index (χ0v) is 14.5. The average molecular weight is 353 g/mol. The molecule has 0 aromatic carbocycles. The minimum absolute atomic E-state index is 0.00107. The molecule has 3 aliphatic heterocycles. The third kappa shape index (κ3) is 4.44. The van der Waals surface area contributed by atoms with Crippen molar-refractivity contribution >= 4 is 18.1 Å². The normalized spacial score (nSPS) is 20.7. The summed E-state index contributed by atoms with van der Waals surface area (Å²) in [6.45, 7) is 8.26. The molecule has 3 heterocycles. The number of carbonyl (C=O) groups excluding carboxylic acids is 3. The summed E-state index contributed by atoms with van der Waals surface area (Å²) in [5.74, 6) is 0. The Labute approximate surface area is 147 Å². The van der Waals surface area contributed by atoms with Gasteiger partial charge in [0, 0.05) is 78.5 Å². The monoisotopic (exact) mass is 353 g/mol. The van der Waals surface area contributed by atoms with Crippen molar-refractivity contribution in [3.8, 4) is 0 Å². The van der Waals surface area contributed by atoms with Crippen molar-refractivity contribution in [1.82, 2.24) is 35.6 Å². The van der Waals surface area contributed by atoms with Crippen LogP contribution in [0.1, 0.15) is 0 Å². The molecular formula is C15H27N7O3. The van der Waals surface area contributed by atoms with Gasteiger partial charge in [-0.2, -0.15) is 0 Å². The summed E-state index contributed by atoms with van der Waals surface area (Å²) in [5, 5.41) is 8.82. The lowest BCUT2D eigenvalue weighted by atomic mass is 10.5. The molecule has 3 aliphatic rings. The van der Waals surface area contributed by atoms with Crippen molar-refractivity contribution in [1.29, 1.82) is 0 Å². The molecule has 6 amide bonds. The van der Waals surface area contributed by atoms with Crippen LogP contribution in [0.3, 0.4) is 0 Å². The van der Waals surface area contributed by atoms with Gasteiger partial charge in [0.1, 0.15) is 0 Å². The third-order valence-electron chi connectivity index (χ3n) is 4.83. The number of amides is 6. The maximum absolute atomic E-state index is 12.4. The lowest BCUT2D eigenvalue weighted by Crippen LogP contribution is -2.41. The van der Waals surface area contributed by atoms with Crippen LogP contribution in [0.25, 0.3) is 0 Å². The highest BCUT2D eigenvalue weighted by molar-refractivity contribution is 5.77. The van der Waals surface area contributed by atoms with E-state index in [9.17, 15) is 14.4 Å². The first-order valence-electron chi connectivity index (χ1n) is 8.95. The maximum Gasteiger partial charge on any atom is 0.320 e. The summed E-state index contributed by atoms with van der Waals surface area (Å²) >= 11 is 0. The first kappa shape index (κ1) is 17.6. The molecule has 0 saturated carbocycles. The smallest absolute Gasteiger partial charge is 0.320 e. The van der Waals surface area contributed by atoms with Crippen LogP contribution >= 0.6 is 0 Å². The zero-order chi connectivity index (χ0) is 17.6. The van der Waals surface area contributed by atoms with E-state index in [1.807, 2.05) is 4.90 Å². The van der Waals surface area contributed by atoms with Crippen molar-refractivity contribution in [2.75, 3.05) is 78.5 Å². The van der Waals surface area contributed by atoms with E-state index < -0.39 is 0 Å². The molecule has 0 atom stereocenters. The summed E-state index contributed by atoms with van der Waals surface area (Å²) < 4.78 is 0. The molecule has 0 aromatic heterocycles. The van der Waals surface area contributed by atoms with E-state index in [-0.39, 0.29) is 18.1 Å². The molecule has 3 rings (SSSR count). The topological polar surface area (TPSA) is 100 Å². The van der Waals surface area contributed by atoms with Gasteiger partial charge in [0.25, 0.3) is 0 Å². The molecule has 25 heavy (non-hydrogen) atoms. The number of urea groups is 3. The summed E-state index contributed by atoms with van der Waals surface area (Å²) in [6.07, 6.45) is 0. The van der Waals surface area contributed by atoms with Crippen molar-refractivity contribution in [2.45, 2.75) is 0 Å². The minimum Gasteiger partial charge on any atom is -0.336 e. The van der Waals surface area contributed by atoms with E-state index in [4.69, 9.17) is 0 Å². The highest BCUT2D eigenvalue weighted by Gasteiger charge is 2.29. The number of hydrogen-bond donors (Lipinski definition) is 3. The van der Waals surface area contributed by atoms with Gasteiger partial charge in [-0.1, -0.05) is 0 Å². The molecule has 0 aliphatic carbocycles. The van der Waals surface area contributed by atoms with Gasteiger partial charge in [-0.25, -0.2) is 14.4 Å². The van der Waals surface area contributed by atoms with Gasteiger partial charge in [-0.15, -0.1) is 0 Å². The molecule has 3 N–H and O–H groups in total. The molecule has 0 radical (unpaired) electrons. The van der Waals surface area contributed by atoms with Gasteiger partial charge >= 0.3 is 18.1 Å². The highest BCUT2D eigenvalue weighted by atomic mass is 16.2. The Kier molecular flexibility index (Phi) is 5.79. The zero-order valence-electron chi connectivity index (χ0n) is 14.5. The van der Waals surface area contributed by atoms with Crippen LogP contribution in [0.5, 0.6) is 0 Å². The Hall–Kier alpha value is -2.23. The number of nitrogens with one attached hydrogen (secondary N) is 3. The first-order valence-corrected chi connectivity index (χ1v) is 8.95. The number of nitrogens with zero attached hydrogens (tertiary/aromatic N) is 4. The first-order chi connectivity index (χ1) is 12.1. The number of rotatable bonds is 9. The van der Waals surface area contributed by atoms with E-state index in [1.54, 1.807) is 14.7 Å². The number of carbonyl (C=O) groups is 3. The van der Waals surface area contributed by atoms with Gasteiger partial charge in [-0.3, -0.25) is 0 Å². The Bertz CT molecular complexity index is 515.